The van der Waals surface area contributed by atoms with Gasteiger partial charge in [-0.2, -0.15) is 0 Å². The van der Waals surface area contributed by atoms with Gasteiger partial charge in [-0.25, -0.2) is 26.3 Å². The summed E-state index contributed by atoms with van der Waals surface area (Å²) < 4.78 is 54.3. The van der Waals surface area contributed by atoms with Crippen molar-refractivity contribution in [3.63, 3.8) is 0 Å². The lowest BCUT2D eigenvalue weighted by Gasteiger charge is -2.34. The molecule has 0 unspecified atom stereocenters. The summed E-state index contributed by atoms with van der Waals surface area (Å²) in [4.78, 5) is 0. The average Bonchev–Trinajstić information content (AvgIpc) is 2.36. The lowest BCUT2D eigenvalue weighted by molar-refractivity contribution is 0.327. The minimum Gasteiger partial charge on any atom is -0.212 e. The number of sulfonamides is 2. The van der Waals surface area contributed by atoms with E-state index in [2.05, 4.69) is 9.44 Å². The summed E-state index contributed by atoms with van der Waals surface area (Å²) in [7, 11) is -7.12. The highest BCUT2D eigenvalue weighted by molar-refractivity contribution is 7.91. The molecule has 8 heteroatoms. The van der Waals surface area contributed by atoms with Gasteiger partial charge in [-0.1, -0.05) is 53.7 Å². The first-order valence-electron chi connectivity index (χ1n) is 9.64. The fraction of sp³-hybridized carbons (Fsp3) is 0.900. The van der Waals surface area contributed by atoms with E-state index in [-0.39, 0.29) is 10.8 Å². The van der Waals surface area contributed by atoms with Crippen molar-refractivity contribution in [2.24, 2.45) is 10.8 Å². The highest BCUT2D eigenvalue weighted by atomic mass is 32.2. The Morgan fingerprint density at radius 1 is 0.536 bits per heavy atom. The van der Waals surface area contributed by atoms with Gasteiger partial charge in [-0.15, -0.1) is 0 Å². The first-order valence-corrected chi connectivity index (χ1v) is 12.6. The van der Waals surface area contributed by atoms with Crippen LogP contribution >= 0.6 is 0 Å². The van der Waals surface area contributed by atoms with Crippen LogP contribution in [0.15, 0.2) is 12.2 Å². The van der Waals surface area contributed by atoms with E-state index < -0.39 is 41.6 Å². The Kier molecular flexibility index (Phi) is 8.23. The van der Waals surface area contributed by atoms with Crippen molar-refractivity contribution in [1.29, 1.82) is 0 Å². The van der Waals surface area contributed by atoms with Crippen molar-refractivity contribution in [3.05, 3.63) is 12.2 Å². The van der Waals surface area contributed by atoms with Crippen LogP contribution in [0.2, 0.25) is 0 Å². The Labute approximate surface area is 174 Å². The second kappa shape index (κ2) is 8.36. The minimum absolute atomic E-state index is 0.389. The Morgan fingerprint density at radius 2 is 0.750 bits per heavy atom. The van der Waals surface area contributed by atoms with Crippen molar-refractivity contribution in [2.75, 3.05) is 0 Å². The molecule has 0 rings (SSSR count). The zero-order valence-electron chi connectivity index (χ0n) is 19.8. The molecule has 0 bridgehead atoms. The Hall–Kier alpha value is -0.440. The van der Waals surface area contributed by atoms with E-state index >= 15 is 0 Å². The Bertz CT molecular complexity index is 689. The van der Waals surface area contributed by atoms with Gasteiger partial charge in [0.1, 0.15) is 0 Å². The molecule has 0 fully saturated rings. The van der Waals surface area contributed by atoms with Gasteiger partial charge in [0.2, 0.25) is 20.0 Å². The molecule has 28 heavy (non-hydrogen) atoms. The van der Waals surface area contributed by atoms with Crippen LogP contribution in [-0.2, 0) is 20.0 Å². The lowest BCUT2D eigenvalue weighted by atomic mass is 9.84. The van der Waals surface area contributed by atoms with Gasteiger partial charge in [-0.05, 0) is 52.4 Å². The highest BCUT2D eigenvalue weighted by Gasteiger charge is 2.37. The molecule has 168 valence electrons. The molecule has 0 spiro atoms. The summed E-state index contributed by atoms with van der Waals surface area (Å²) in [5, 5.41) is 0. The molecule has 0 amide bonds. The molecule has 0 saturated heterocycles. The average molecular weight is 439 g/mol. The standard InChI is InChI=1S/C20H42N2O4S2/c1-17(2,3)15(21-27(23,24)19(7,8)9)13-14-16(18(4,5)6)22-28(25,26)20(10,11)12/h13-16,21-22H,1-12H3/b14-13+/t15-,16-/m0/s1. The summed E-state index contributed by atoms with van der Waals surface area (Å²) in [5.74, 6) is 0. The van der Waals surface area contributed by atoms with Crippen LogP contribution in [-0.4, -0.2) is 38.4 Å². The van der Waals surface area contributed by atoms with E-state index in [9.17, 15) is 16.8 Å². The molecule has 0 aromatic heterocycles. The van der Waals surface area contributed by atoms with Gasteiger partial charge in [0.15, 0.2) is 0 Å². The molecule has 0 heterocycles. The maximum absolute atomic E-state index is 12.7. The zero-order chi connectivity index (χ0) is 23.0. The number of nitrogens with one attached hydrogen (secondary N) is 2. The molecule has 0 saturated carbocycles. The molecular weight excluding hydrogens is 396 g/mol. The number of hydrogen-bond donors (Lipinski definition) is 2. The van der Waals surface area contributed by atoms with E-state index in [0.29, 0.717) is 0 Å². The summed E-state index contributed by atoms with van der Waals surface area (Å²) in [6.07, 6.45) is 3.54. The van der Waals surface area contributed by atoms with Crippen molar-refractivity contribution in [2.45, 2.75) is 105 Å². The normalized spacial score (nSPS) is 17.7. The molecule has 0 aliphatic heterocycles. The zero-order valence-corrected chi connectivity index (χ0v) is 21.4. The van der Waals surface area contributed by atoms with Crippen LogP contribution < -0.4 is 9.44 Å². The van der Waals surface area contributed by atoms with Crippen LogP contribution in [0.3, 0.4) is 0 Å². The van der Waals surface area contributed by atoms with E-state index in [1.54, 1.807) is 53.7 Å². The molecule has 0 aliphatic carbocycles. The van der Waals surface area contributed by atoms with E-state index in [0.717, 1.165) is 0 Å². The van der Waals surface area contributed by atoms with Crippen LogP contribution in [0.25, 0.3) is 0 Å². The lowest BCUT2D eigenvalue weighted by Crippen LogP contribution is -2.50. The van der Waals surface area contributed by atoms with Crippen molar-refractivity contribution >= 4 is 20.0 Å². The molecule has 2 N–H and O–H groups in total. The van der Waals surface area contributed by atoms with Gasteiger partial charge in [0.05, 0.1) is 9.49 Å². The third-order valence-electron chi connectivity index (χ3n) is 4.54. The van der Waals surface area contributed by atoms with Crippen LogP contribution in [0.1, 0.15) is 83.1 Å². The topological polar surface area (TPSA) is 92.3 Å². The second-order valence-electron chi connectivity index (χ2n) is 11.5. The molecule has 0 aliphatic rings. The predicted octanol–water partition coefficient (Wildman–Crippen LogP) is 3.81. The van der Waals surface area contributed by atoms with E-state index in [1.807, 2.05) is 41.5 Å². The quantitative estimate of drug-likeness (QED) is 0.617. The first-order chi connectivity index (χ1) is 11.9. The van der Waals surface area contributed by atoms with Gasteiger partial charge < -0.3 is 0 Å². The van der Waals surface area contributed by atoms with Gasteiger partial charge in [0, 0.05) is 12.1 Å². The Morgan fingerprint density at radius 3 is 0.893 bits per heavy atom. The molecular formula is C20H42N2O4S2. The maximum atomic E-state index is 12.7. The van der Waals surface area contributed by atoms with E-state index in [4.69, 9.17) is 0 Å². The molecule has 0 radical (unpaired) electrons. The van der Waals surface area contributed by atoms with Crippen molar-refractivity contribution < 1.29 is 16.8 Å². The van der Waals surface area contributed by atoms with Gasteiger partial charge in [-0.3, -0.25) is 0 Å². The third-order valence-corrected chi connectivity index (χ3v) is 8.89. The minimum atomic E-state index is -3.56. The molecule has 2 atom stereocenters. The maximum Gasteiger partial charge on any atom is 0.217 e. The van der Waals surface area contributed by atoms with Crippen LogP contribution in [0, 0.1) is 10.8 Å². The third kappa shape index (κ3) is 7.76. The highest BCUT2D eigenvalue weighted by Crippen LogP contribution is 2.27. The largest absolute Gasteiger partial charge is 0.217 e. The Balaban J connectivity index is 5.98. The first kappa shape index (κ1) is 27.6. The van der Waals surface area contributed by atoms with Crippen LogP contribution in [0.5, 0.6) is 0 Å². The summed E-state index contributed by atoms with van der Waals surface area (Å²) in [6.45, 7) is 21.5. The molecule has 6 nitrogen and oxygen atoms in total. The fourth-order valence-electron chi connectivity index (χ4n) is 1.92. The van der Waals surface area contributed by atoms with Crippen LogP contribution in [0.4, 0.5) is 0 Å². The fourth-order valence-corrected chi connectivity index (χ4v) is 4.16. The van der Waals surface area contributed by atoms with Crippen molar-refractivity contribution in [3.8, 4) is 0 Å². The SMILES string of the molecule is CC(C)(C)[C@H](/C=C/[C@H](NS(=O)(=O)C(C)(C)C)C(C)(C)C)NS(=O)(=O)C(C)(C)C. The number of hydrogen-bond acceptors (Lipinski definition) is 4. The van der Waals surface area contributed by atoms with Gasteiger partial charge >= 0.3 is 0 Å². The summed E-state index contributed by atoms with van der Waals surface area (Å²) >= 11 is 0. The summed E-state index contributed by atoms with van der Waals surface area (Å²) in [6, 6.07) is -0.971. The number of rotatable bonds is 6. The van der Waals surface area contributed by atoms with Crippen molar-refractivity contribution in [1.82, 2.24) is 9.44 Å². The second-order valence-corrected chi connectivity index (χ2v) is 16.5. The molecule has 0 aromatic rings. The summed E-state index contributed by atoms with van der Waals surface area (Å²) in [5.41, 5.74) is -0.777. The smallest absolute Gasteiger partial charge is 0.212 e. The monoisotopic (exact) mass is 438 g/mol. The van der Waals surface area contributed by atoms with Gasteiger partial charge in [0.25, 0.3) is 0 Å². The molecule has 0 aromatic carbocycles. The predicted molar refractivity (Wildman–Crippen MR) is 119 cm³/mol. The van der Waals surface area contributed by atoms with E-state index in [1.165, 1.54) is 0 Å².